The SMILES string of the molecule is O=c1c2ncn(C3CC3)c2nc(C2CCC(C(F)(F)F)CC2)n1-c1ccc(Cl)cc1. The Morgan fingerprint density at radius 3 is 2.27 bits per heavy atom. The highest BCUT2D eigenvalue weighted by Crippen LogP contribution is 2.43. The maximum Gasteiger partial charge on any atom is 0.391 e. The number of hydrogen-bond donors (Lipinski definition) is 0. The van der Waals surface area contributed by atoms with Gasteiger partial charge in [-0.3, -0.25) is 9.36 Å². The number of rotatable bonds is 3. The third kappa shape index (κ3) is 3.41. The number of imidazole rings is 1. The molecule has 0 unspecified atom stereocenters. The van der Waals surface area contributed by atoms with Crippen molar-refractivity contribution in [2.24, 2.45) is 5.92 Å². The van der Waals surface area contributed by atoms with Gasteiger partial charge in [0.1, 0.15) is 5.82 Å². The Hall–Kier alpha value is -2.35. The van der Waals surface area contributed by atoms with E-state index in [-0.39, 0.29) is 29.8 Å². The molecule has 5 nitrogen and oxygen atoms in total. The summed E-state index contributed by atoms with van der Waals surface area (Å²) in [5, 5.41) is 0.533. The number of hydrogen-bond acceptors (Lipinski definition) is 3. The van der Waals surface area contributed by atoms with E-state index in [9.17, 15) is 18.0 Å². The molecular formula is C21H20ClF3N4O. The van der Waals surface area contributed by atoms with Gasteiger partial charge in [-0.15, -0.1) is 0 Å². The van der Waals surface area contributed by atoms with Gasteiger partial charge in [0, 0.05) is 17.0 Å². The lowest BCUT2D eigenvalue weighted by Gasteiger charge is -2.30. The maximum absolute atomic E-state index is 13.4. The molecule has 0 spiro atoms. The highest BCUT2D eigenvalue weighted by molar-refractivity contribution is 6.30. The van der Waals surface area contributed by atoms with Crippen molar-refractivity contribution < 1.29 is 13.2 Å². The van der Waals surface area contributed by atoms with Crippen molar-refractivity contribution in [3.63, 3.8) is 0 Å². The topological polar surface area (TPSA) is 52.7 Å². The molecule has 2 aliphatic rings. The molecule has 2 saturated carbocycles. The Balaban J connectivity index is 1.63. The van der Waals surface area contributed by atoms with E-state index in [1.54, 1.807) is 30.6 Å². The van der Waals surface area contributed by atoms with Crippen LogP contribution in [0.3, 0.4) is 0 Å². The van der Waals surface area contributed by atoms with Crippen LogP contribution in [-0.2, 0) is 0 Å². The Morgan fingerprint density at radius 2 is 1.67 bits per heavy atom. The van der Waals surface area contributed by atoms with Crippen molar-refractivity contribution in [2.45, 2.75) is 56.7 Å². The summed E-state index contributed by atoms with van der Waals surface area (Å²) in [4.78, 5) is 22.5. The van der Waals surface area contributed by atoms with Gasteiger partial charge in [-0.05, 0) is 62.8 Å². The zero-order valence-corrected chi connectivity index (χ0v) is 16.8. The average Bonchev–Trinajstić information content (AvgIpc) is 3.47. The second kappa shape index (κ2) is 7.11. The van der Waals surface area contributed by atoms with E-state index < -0.39 is 12.1 Å². The minimum Gasteiger partial charge on any atom is -0.312 e. The molecule has 1 aromatic carbocycles. The Morgan fingerprint density at radius 1 is 1.00 bits per heavy atom. The minimum atomic E-state index is -4.18. The van der Waals surface area contributed by atoms with E-state index in [2.05, 4.69) is 4.98 Å². The molecule has 158 valence electrons. The van der Waals surface area contributed by atoms with E-state index >= 15 is 0 Å². The Labute approximate surface area is 175 Å². The van der Waals surface area contributed by atoms with Gasteiger partial charge in [-0.1, -0.05) is 11.6 Å². The number of fused-ring (bicyclic) bond motifs is 1. The highest BCUT2D eigenvalue weighted by Gasteiger charge is 2.42. The lowest BCUT2D eigenvalue weighted by molar-refractivity contribution is -0.182. The van der Waals surface area contributed by atoms with E-state index in [0.29, 0.717) is 41.1 Å². The fourth-order valence-corrected chi connectivity index (χ4v) is 4.52. The Bertz CT molecular complexity index is 1140. The van der Waals surface area contributed by atoms with Crippen LogP contribution in [0.5, 0.6) is 0 Å². The van der Waals surface area contributed by atoms with Crippen LogP contribution in [0, 0.1) is 5.92 Å². The molecule has 0 N–H and O–H groups in total. The smallest absolute Gasteiger partial charge is 0.312 e. The van der Waals surface area contributed by atoms with E-state index in [1.807, 2.05) is 4.57 Å². The average molecular weight is 437 g/mol. The summed E-state index contributed by atoms with van der Waals surface area (Å²) in [7, 11) is 0. The van der Waals surface area contributed by atoms with Crippen molar-refractivity contribution in [3.8, 4) is 5.69 Å². The van der Waals surface area contributed by atoms with Gasteiger partial charge in [0.25, 0.3) is 5.56 Å². The number of nitrogens with zero attached hydrogens (tertiary/aromatic N) is 4. The molecule has 2 fully saturated rings. The van der Waals surface area contributed by atoms with Crippen LogP contribution in [-0.4, -0.2) is 25.3 Å². The second-order valence-electron chi connectivity index (χ2n) is 8.23. The standard InChI is InChI=1S/C21H20ClF3N4O/c22-14-5-7-16(8-6-14)29-18(12-1-3-13(4-2-12)21(23,24)25)27-19-17(20(29)30)26-11-28(19)15-9-10-15/h5-8,11-13,15H,1-4,9-10H2. The van der Waals surface area contributed by atoms with Crippen LogP contribution in [0.1, 0.15) is 56.3 Å². The van der Waals surface area contributed by atoms with Crippen LogP contribution < -0.4 is 5.56 Å². The van der Waals surface area contributed by atoms with E-state index in [1.165, 1.54) is 4.57 Å². The molecule has 0 aliphatic heterocycles. The minimum absolute atomic E-state index is 0.0462. The fourth-order valence-electron chi connectivity index (χ4n) is 4.40. The van der Waals surface area contributed by atoms with Gasteiger partial charge in [-0.25, -0.2) is 9.97 Å². The van der Waals surface area contributed by atoms with Crippen LogP contribution in [0.4, 0.5) is 13.2 Å². The molecule has 0 atom stereocenters. The normalized spacial score (nSPS) is 22.5. The van der Waals surface area contributed by atoms with Gasteiger partial charge < -0.3 is 4.57 Å². The summed E-state index contributed by atoms with van der Waals surface area (Å²) >= 11 is 6.00. The lowest BCUT2D eigenvalue weighted by Crippen LogP contribution is -2.31. The van der Waals surface area contributed by atoms with Crippen molar-refractivity contribution in [2.75, 3.05) is 0 Å². The molecular weight excluding hydrogens is 417 g/mol. The number of alkyl halides is 3. The zero-order valence-electron chi connectivity index (χ0n) is 16.1. The quantitative estimate of drug-likeness (QED) is 0.552. The predicted molar refractivity (Wildman–Crippen MR) is 107 cm³/mol. The summed E-state index contributed by atoms with van der Waals surface area (Å²) in [6, 6.07) is 7.10. The molecule has 3 aromatic rings. The van der Waals surface area contributed by atoms with E-state index in [0.717, 1.165) is 12.8 Å². The first-order valence-electron chi connectivity index (χ1n) is 10.1. The molecule has 0 radical (unpaired) electrons. The van der Waals surface area contributed by atoms with Crippen molar-refractivity contribution in [3.05, 3.63) is 51.8 Å². The number of aromatic nitrogens is 4. The molecule has 9 heteroatoms. The van der Waals surface area contributed by atoms with Crippen molar-refractivity contribution in [1.82, 2.24) is 19.1 Å². The van der Waals surface area contributed by atoms with Crippen LogP contribution in [0.2, 0.25) is 5.02 Å². The lowest BCUT2D eigenvalue weighted by atomic mass is 9.81. The van der Waals surface area contributed by atoms with Gasteiger partial charge in [0.05, 0.1) is 17.9 Å². The number of halogens is 4. The van der Waals surface area contributed by atoms with E-state index in [4.69, 9.17) is 16.6 Å². The van der Waals surface area contributed by atoms with Crippen LogP contribution >= 0.6 is 11.6 Å². The molecule has 30 heavy (non-hydrogen) atoms. The highest BCUT2D eigenvalue weighted by atomic mass is 35.5. The maximum atomic E-state index is 13.4. The van der Waals surface area contributed by atoms with Crippen LogP contribution in [0.25, 0.3) is 16.9 Å². The van der Waals surface area contributed by atoms with Gasteiger partial charge in [-0.2, -0.15) is 13.2 Å². The summed E-state index contributed by atoms with van der Waals surface area (Å²) in [6.45, 7) is 0. The molecule has 0 bridgehead atoms. The monoisotopic (exact) mass is 436 g/mol. The first-order chi connectivity index (χ1) is 14.3. The first-order valence-corrected chi connectivity index (χ1v) is 10.5. The summed E-state index contributed by atoms with van der Waals surface area (Å²) in [5.74, 6) is -0.998. The van der Waals surface area contributed by atoms with Crippen molar-refractivity contribution in [1.29, 1.82) is 0 Å². The third-order valence-corrected chi connectivity index (χ3v) is 6.46. The predicted octanol–water partition coefficient (Wildman–Crippen LogP) is 5.41. The fraction of sp³-hybridized carbons (Fsp3) is 0.476. The van der Waals surface area contributed by atoms with Gasteiger partial charge >= 0.3 is 6.18 Å². The number of benzene rings is 1. The summed E-state index contributed by atoms with van der Waals surface area (Å²) < 4.78 is 42.8. The van der Waals surface area contributed by atoms with Gasteiger partial charge in [0.15, 0.2) is 11.2 Å². The molecule has 0 saturated heterocycles. The van der Waals surface area contributed by atoms with Gasteiger partial charge in [0.2, 0.25) is 0 Å². The molecule has 5 rings (SSSR count). The molecule has 0 amide bonds. The zero-order chi connectivity index (χ0) is 21.0. The molecule has 2 aromatic heterocycles. The second-order valence-corrected chi connectivity index (χ2v) is 8.67. The summed E-state index contributed by atoms with van der Waals surface area (Å²) in [6.07, 6.45) is 0.268. The van der Waals surface area contributed by atoms with Crippen molar-refractivity contribution >= 4 is 22.8 Å². The largest absolute Gasteiger partial charge is 0.391 e. The summed E-state index contributed by atoms with van der Waals surface area (Å²) in [5.41, 5.74) is 1.10. The third-order valence-electron chi connectivity index (χ3n) is 6.20. The Kier molecular flexibility index (Phi) is 4.65. The van der Waals surface area contributed by atoms with Crippen LogP contribution in [0.15, 0.2) is 35.4 Å². The molecule has 2 heterocycles. The molecule has 2 aliphatic carbocycles. The first kappa shape index (κ1) is 19.6.